The number of nitrogens with zero attached hydrogens (tertiary/aromatic N) is 2. The number of ether oxygens (including phenoxy) is 1. The van der Waals surface area contributed by atoms with Crippen LogP contribution in [-0.2, 0) is 0 Å². The van der Waals surface area contributed by atoms with Crippen LogP contribution in [0.15, 0.2) is 53.6 Å². The maximum absolute atomic E-state index is 11.2. The zero-order valence-electron chi connectivity index (χ0n) is 15.5. The number of hydrogen-bond acceptors (Lipinski definition) is 6. The molecule has 2 N–H and O–H groups in total. The minimum absolute atomic E-state index is 0.135. The third-order valence-electron chi connectivity index (χ3n) is 4.54. The summed E-state index contributed by atoms with van der Waals surface area (Å²) in [4.78, 5) is 15.7. The first-order chi connectivity index (χ1) is 13.5. The van der Waals surface area contributed by atoms with Crippen molar-refractivity contribution in [2.24, 2.45) is 5.10 Å². The second-order valence-corrected chi connectivity index (χ2v) is 7.63. The Morgan fingerprint density at radius 3 is 2.75 bits per heavy atom. The summed E-state index contributed by atoms with van der Waals surface area (Å²) in [5, 5.41) is 14.2. The molecule has 2 heterocycles. The average Bonchev–Trinajstić information content (AvgIpc) is 3.07. The molecular formula is C21H19N3O3S. The van der Waals surface area contributed by atoms with Crippen LogP contribution in [0.25, 0.3) is 0 Å². The number of aromatic nitrogens is 1. The van der Waals surface area contributed by atoms with Crippen molar-refractivity contribution >= 4 is 28.1 Å². The van der Waals surface area contributed by atoms with Gasteiger partial charge in [0, 0.05) is 12.0 Å². The molecule has 1 aliphatic rings. The average molecular weight is 393 g/mol. The fraction of sp³-hybridized carbons (Fsp3) is 0.190. The lowest BCUT2D eigenvalue weighted by Crippen LogP contribution is -2.22. The number of hydrogen-bond donors (Lipinski definition) is 2. The Bertz CT molecular complexity index is 1060. The molecule has 1 aromatic heterocycles. The van der Waals surface area contributed by atoms with Gasteiger partial charge in [-0.25, -0.2) is 9.78 Å². The van der Waals surface area contributed by atoms with E-state index in [0.29, 0.717) is 17.2 Å². The van der Waals surface area contributed by atoms with E-state index < -0.39 is 5.97 Å². The predicted molar refractivity (Wildman–Crippen MR) is 110 cm³/mol. The number of anilines is 1. The summed E-state index contributed by atoms with van der Waals surface area (Å²) in [6.07, 6.45) is 0.466. The molecular weight excluding hydrogens is 374 g/mol. The van der Waals surface area contributed by atoms with Gasteiger partial charge in [0.25, 0.3) is 0 Å². The zero-order chi connectivity index (χ0) is 19.7. The number of thiazole rings is 1. The van der Waals surface area contributed by atoms with Crippen molar-refractivity contribution in [2.75, 3.05) is 5.43 Å². The Hall–Kier alpha value is -3.19. The lowest BCUT2D eigenvalue weighted by molar-refractivity contribution is 0.0701. The van der Waals surface area contributed by atoms with Crippen molar-refractivity contribution in [2.45, 2.75) is 26.4 Å². The highest BCUT2D eigenvalue weighted by molar-refractivity contribution is 7.17. The van der Waals surface area contributed by atoms with Gasteiger partial charge in [-0.1, -0.05) is 53.3 Å². The van der Waals surface area contributed by atoms with E-state index in [0.717, 1.165) is 39.5 Å². The summed E-state index contributed by atoms with van der Waals surface area (Å²) in [6, 6.07) is 16.1. The Labute approximate surface area is 166 Å². The van der Waals surface area contributed by atoms with Crippen LogP contribution in [0.5, 0.6) is 5.75 Å². The lowest BCUT2D eigenvalue weighted by Gasteiger charge is -2.27. The van der Waals surface area contributed by atoms with Crippen molar-refractivity contribution in [1.29, 1.82) is 0 Å². The topological polar surface area (TPSA) is 83.8 Å². The van der Waals surface area contributed by atoms with Crippen molar-refractivity contribution < 1.29 is 14.6 Å². The first kappa shape index (κ1) is 18.2. The number of fused-ring (bicyclic) bond motifs is 1. The summed E-state index contributed by atoms with van der Waals surface area (Å²) in [5.41, 5.74) is 7.40. The Kier molecular flexibility index (Phi) is 4.83. The largest absolute Gasteiger partial charge is 0.485 e. The minimum Gasteiger partial charge on any atom is -0.485 e. The summed E-state index contributed by atoms with van der Waals surface area (Å²) in [5.74, 6) is -0.195. The molecule has 4 rings (SSSR count). The summed E-state index contributed by atoms with van der Waals surface area (Å²) >= 11 is 1.08. The number of aryl methyl sites for hydroxylation is 2. The first-order valence-electron chi connectivity index (χ1n) is 8.87. The quantitative estimate of drug-likeness (QED) is 0.622. The Morgan fingerprint density at radius 2 is 2.04 bits per heavy atom. The first-order valence-corrected chi connectivity index (χ1v) is 9.69. The maximum Gasteiger partial charge on any atom is 0.347 e. The SMILES string of the molecule is Cc1ccc2c(c1)C(=NNc1nc(C)c(C(=O)O)s1)CC(c1ccccc1)O2. The van der Waals surface area contributed by atoms with Crippen LogP contribution in [0.2, 0.25) is 0 Å². The number of carboxylic acids is 1. The van der Waals surface area contributed by atoms with E-state index in [1.807, 2.05) is 55.5 Å². The smallest absolute Gasteiger partial charge is 0.347 e. The molecule has 3 aromatic rings. The highest BCUT2D eigenvalue weighted by Crippen LogP contribution is 2.36. The standard InChI is InChI=1S/C21H19N3O3S/c1-12-8-9-17-15(10-12)16(11-18(27-17)14-6-4-3-5-7-14)23-24-21-22-13(2)19(28-21)20(25)26/h3-10,18H,11H2,1-2H3,(H,22,24)(H,25,26). The van der Waals surface area contributed by atoms with Crippen LogP contribution in [0.4, 0.5) is 5.13 Å². The fourth-order valence-corrected chi connectivity index (χ4v) is 3.92. The van der Waals surface area contributed by atoms with Crippen LogP contribution in [-0.4, -0.2) is 21.8 Å². The van der Waals surface area contributed by atoms with E-state index >= 15 is 0 Å². The monoisotopic (exact) mass is 393 g/mol. The van der Waals surface area contributed by atoms with Gasteiger partial charge in [-0.05, 0) is 31.5 Å². The van der Waals surface area contributed by atoms with E-state index in [4.69, 9.17) is 4.74 Å². The fourth-order valence-electron chi connectivity index (χ4n) is 3.17. The molecule has 1 unspecified atom stereocenters. The van der Waals surface area contributed by atoms with Crippen molar-refractivity contribution in [3.8, 4) is 5.75 Å². The molecule has 0 aliphatic carbocycles. The van der Waals surface area contributed by atoms with Crippen LogP contribution >= 0.6 is 11.3 Å². The summed E-state index contributed by atoms with van der Waals surface area (Å²) in [6.45, 7) is 3.70. The minimum atomic E-state index is -0.980. The second kappa shape index (κ2) is 7.44. The van der Waals surface area contributed by atoms with Crippen LogP contribution in [0.1, 0.15) is 44.6 Å². The molecule has 7 heteroatoms. The van der Waals surface area contributed by atoms with E-state index in [1.54, 1.807) is 6.92 Å². The van der Waals surface area contributed by atoms with E-state index in [1.165, 1.54) is 0 Å². The Balaban J connectivity index is 1.67. The molecule has 0 saturated heterocycles. The highest BCUT2D eigenvalue weighted by Gasteiger charge is 2.26. The summed E-state index contributed by atoms with van der Waals surface area (Å²) < 4.78 is 6.21. The van der Waals surface area contributed by atoms with Crippen molar-refractivity contribution in [1.82, 2.24) is 4.98 Å². The molecule has 0 spiro atoms. The van der Waals surface area contributed by atoms with E-state index in [2.05, 4.69) is 15.5 Å². The van der Waals surface area contributed by atoms with Crippen LogP contribution in [0.3, 0.4) is 0 Å². The molecule has 1 aliphatic heterocycles. The van der Waals surface area contributed by atoms with Gasteiger partial charge in [-0.3, -0.25) is 5.43 Å². The van der Waals surface area contributed by atoms with Gasteiger partial charge in [0.15, 0.2) is 0 Å². The maximum atomic E-state index is 11.2. The number of rotatable bonds is 4. The molecule has 0 saturated carbocycles. The molecule has 142 valence electrons. The number of carboxylic acid groups (broad SMARTS) is 1. The highest BCUT2D eigenvalue weighted by atomic mass is 32.1. The third kappa shape index (κ3) is 3.61. The molecule has 6 nitrogen and oxygen atoms in total. The number of aromatic carboxylic acids is 1. The number of carbonyl (C=O) groups is 1. The second-order valence-electron chi connectivity index (χ2n) is 6.63. The number of benzene rings is 2. The number of nitrogens with one attached hydrogen (secondary N) is 1. The third-order valence-corrected chi connectivity index (χ3v) is 5.59. The van der Waals surface area contributed by atoms with Gasteiger partial charge in [-0.15, -0.1) is 0 Å². The zero-order valence-corrected chi connectivity index (χ0v) is 16.3. The molecule has 1 atom stereocenters. The Morgan fingerprint density at radius 1 is 1.25 bits per heavy atom. The molecule has 0 fully saturated rings. The van der Waals surface area contributed by atoms with Gasteiger partial charge < -0.3 is 9.84 Å². The van der Waals surface area contributed by atoms with Crippen molar-refractivity contribution in [3.63, 3.8) is 0 Å². The molecule has 28 heavy (non-hydrogen) atoms. The van der Waals surface area contributed by atoms with Gasteiger partial charge in [-0.2, -0.15) is 5.10 Å². The predicted octanol–water partition coefficient (Wildman–Crippen LogP) is 4.80. The van der Waals surface area contributed by atoms with Gasteiger partial charge in [0.1, 0.15) is 16.7 Å². The molecule has 0 amide bonds. The molecule has 2 aromatic carbocycles. The van der Waals surface area contributed by atoms with E-state index in [9.17, 15) is 9.90 Å². The lowest BCUT2D eigenvalue weighted by atomic mass is 9.94. The van der Waals surface area contributed by atoms with Crippen LogP contribution in [0, 0.1) is 13.8 Å². The molecule has 0 bridgehead atoms. The number of hydrazone groups is 1. The van der Waals surface area contributed by atoms with Crippen molar-refractivity contribution in [3.05, 3.63) is 75.8 Å². The summed E-state index contributed by atoms with van der Waals surface area (Å²) in [7, 11) is 0. The van der Waals surface area contributed by atoms with Gasteiger partial charge >= 0.3 is 5.97 Å². The van der Waals surface area contributed by atoms with Gasteiger partial charge in [0.2, 0.25) is 5.13 Å². The normalized spacial score (nSPS) is 17.1. The van der Waals surface area contributed by atoms with Crippen LogP contribution < -0.4 is 10.2 Å². The molecule has 0 radical (unpaired) electrons. The van der Waals surface area contributed by atoms with E-state index in [-0.39, 0.29) is 11.0 Å². The van der Waals surface area contributed by atoms with Gasteiger partial charge in [0.05, 0.1) is 11.4 Å².